The van der Waals surface area contributed by atoms with Crippen LogP contribution in [0.2, 0.25) is 0 Å². The molecule has 0 spiro atoms. The van der Waals surface area contributed by atoms with Crippen LogP contribution in [-0.2, 0) is 11.3 Å². The van der Waals surface area contributed by atoms with E-state index in [1.54, 1.807) is 13.2 Å². The van der Waals surface area contributed by atoms with Gasteiger partial charge in [-0.1, -0.05) is 36.9 Å². The summed E-state index contributed by atoms with van der Waals surface area (Å²) in [5.41, 5.74) is 0.776. The number of carbonyl (C=O) groups excluding carboxylic acids is 1. The third kappa shape index (κ3) is 2.48. The molecule has 1 heterocycles. The second kappa shape index (κ2) is 5.53. The second-order valence-corrected chi connectivity index (χ2v) is 5.57. The molecule has 1 aliphatic heterocycles. The van der Waals surface area contributed by atoms with Crippen molar-refractivity contribution in [3.63, 3.8) is 0 Å². The first-order valence-corrected chi connectivity index (χ1v) is 6.74. The van der Waals surface area contributed by atoms with Crippen molar-refractivity contribution in [2.75, 3.05) is 7.11 Å². The lowest BCUT2D eigenvalue weighted by atomic mass is 9.73. The van der Waals surface area contributed by atoms with Gasteiger partial charge in [0, 0.05) is 6.54 Å². The molecule has 0 saturated carbocycles. The van der Waals surface area contributed by atoms with E-state index in [-0.39, 0.29) is 17.4 Å². The lowest BCUT2D eigenvalue weighted by Crippen LogP contribution is -2.64. The number of likely N-dealkylation sites (tertiary alicyclic amines) is 1. The molecule has 3 nitrogen and oxygen atoms in total. The Kier molecular flexibility index (Phi) is 3.98. The molecule has 0 bridgehead atoms. The van der Waals surface area contributed by atoms with Gasteiger partial charge in [0.2, 0.25) is 5.91 Å². The van der Waals surface area contributed by atoms with Gasteiger partial charge < -0.3 is 9.64 Å². The van der Waals surface area contributed by atoms with Gasteiger partial charge in [0.05, 0.1) is 18.6 Å². The highest BCUT2D eigenvalue weighted by Crippen LogP contribution is 2.40. The number of ether oxygens (including phenoxy) is 1. The van der Waals surface area contributed by atoms with Crippen molar-refractivity contribution < 1.29 is 9.53 Å². The molecule has 0 aromatic heterocycles. The van der Waals surface area contributed by atoms with Gasteiger partial charge >= 0.3 is 0 Å². The zero-order valence-corrected chi connectivity index (χ0v) is 12.3. The van der Waals surface area contributed by atoms with Crippen molar-refractivity contribution in [1.82, 2.24) is 4.90 Å². The van der Waals surface area contributed by atoms with E-state index in [0.717, 1.165) is 11.3 Å². The van der Waals surface area contributed by atoms with E-state index < -0.39 is 0 Å². The van der Waals surface area contributed by atoms with Crippen molar-refractivity contribution in [1.29, 1.82) is 0 Å². The molecule has 3 heteroatoms. The lowest BCUT2D eigenvalue weighted by molar-refractivity contribution is -0.164. The summed E-state index contributed by atoms with van der Waals surface area (Å²) in [4.78, 5) is 14.1. The van der Waals surface area contributed by atoms with Gasteiger partial charge in [-0.2, -0.15) is 0 Å². The van der Waals surface area contributed by atoms with Crippen LogP contribution < -0.4 is 4.74 Å². The first-order chi connectivity index (χ1) is 9.50. The van der Waals surface area contributed by atoms with E-state index in [1.807, 2.05) is 55.2 Å². The highest BCUT2D eigenvalue weighted by Gasteiger charge is 2.52. The van der Waals surface area contributed by atoms with Crippen LogP contribution in [0.5, 0.6) is 5.75 Å². The van der Waals surface area contributed by atoms with Crippen molar-refractivity contribution in [2.24, 2.45) is 5.41 Å². The topological polar surface area (TPSA) is 29.5 Å². The van der Waals surface area contributed by atoms with Gasteiger partial charge in [-0.25, -0.2) is 0 Å². The lowest BCUT2D eigenvalue weighted by Gasteiger charge is -2.52. The molecule has 20 heavy (non-hydrogen) atoms. The smallest absolute Gasteiger partial charge is 0.231 e. The third-order valence-corrected chi connectivity index (χ3v) is 3.83. The number of carbonyl (C=O) groups is 1. The Labute approximate surface area is 120 Å². The number of benzene rings is 1. The van der Waals surface area contributed by atoms with Gasteiger partial charge in [-0.05, 0) is 31.5 Å². The zero-order chi connectivity index (χ0) is 14.8. The minimum absolute atomic E-state index is 0.120. The number of rotatable bonds is 5. The first kappa shape index (κ1) is 14.4. The molecule has 1 aromatic rings. The predicted octanol–water partition coefficient (Wildman–Crippen LogP) is 3.17. The Balaban J connectivity index is 2.12. The largest absolute Gasteiger partial charge is 0.497 e. The number of β-lactam (4-membered cyclic amide) rings is 1. The average Bonchev–Trinajstić information content (AvgIpc) is 2.46. The average molecular weight is 271 g/mol. The van der Waals surface area contributed by atoms with Crippen LogP contribution in [0.4, 0.5) is 0 Å². The maximum atomic E-state index is 12.2. The van der Waals surface area contributed by atoms with Gasteiger partial charge in [-0.15, -0.1) is 0 Å². The summed E-state index contributed by atoms with van der Waals surface area (Å²) >= 11 is 0. The molecule has 106 valence electrons. The molecule has 1 aliphatic rings. The minimum atomic E-state index is -0.327. The van der Waals surface area contributed by atoms with E-state index >= 15 is 0 Å². The van der Waals surface area contributed by atoms with Gasteiger partial charge in [-0.3, -0.25) is 4.79 Å². The maximum Gasteiger partial charge on any atom is 0.231 e. The number of amides is 1. The molecule has 2 rings (SSSR count). The summed E-state index contributed by atoms with van der Waals surface area (Å²) in [5.74, 6) is 1.01. The van der Waals surface area contributed by atoms with Crippen LogP contribution in [-0.4, -0.2) is 24.0 Å². The van der Waals surface area contributed by atoms with Gasteiger partial charge in [0.15, 0.2) is 0 Å². The Morgan fingerprint density at radius 2 is 2.00 bits per heavy atom. The summed E-state index contributed by atoms with van der Waals surface area (Å²) < 4.78 is 5.14. The van der Waals surface area contributed by atoms with E-state index in [9.17, 15) is 4.79 Å². The van der Waals surface area contributed by atoms with Crippen LogP contribution >= 0.6 is 0 Å². The van der Waals surface area contributed by atoms with Crippen molar-refractivity contribution in [2.45, 2.75) is 26.4 Å². The predicted molar refractivity (Wildman–Crippen MR) is 80.5 cm³/mol. The fourth-order valence-electron chi connectivity index (χ4n) is 2.57. The summed E-state index contributed by atoms with van der Waals surface area (Å²) in [5, 5.41) is 0. The SMILES string of the molecule is C=C/C=C/C1N(Cc2ccc(OC)cc2)C(=O)C1(C)C. The minimum Gasteiger partial charge on any atom is -0.497 e. The van der Waals surface area contributed by atoms with E-state index in [2.05, 4.69) is 6.58 Å². The van der Waals surface area contributed by atoms with Crippen LogP contribution in [0.15, 0.2) is 49.1 Å². The number of hydrogen-bond acceptors (Lipinski definition) is 2. The quantitative estimate of drug-likeness (QED) is 0.608. The molecule has 1 atom stereocenters. The van der Waals surface area contributed by atoms with Crippen molar-refractivity contribution in [3.05, 3.63) is 54.6 Å². The van der Waals surface area contributed by atoms with Gasteiger partial charge in [0.25, 0.3) is 0 Å². The van der Waals surface area contributed by atoms with Crippen LogP contribution in [0.3, 0.4) is 0 Å². The number of nitrogens with zero attached hydrogens (tertiary/aromatic N) is 1. The fraction of sp³-hybridized carbons (Fsp3) is 0.353. The van der Waals surface area contributed by atoms with Crippen LogP contribution in [0, 0.1) is 5.41 Å². The van der Waals surface area contributed by atoms with E-state index in [1.165, 1.54) is 0 Å². The highest BCUT2D eigenvalue weighted by atomic mass is 16.5. The molecule has 1 saturated heterocycles. The molecule has 0 radical (unpaired) electrons. The number of allylic oxidation sites excluding steroid dienone is 2. The summed E-state index contributed by atoms with van der Waals surface area (Å²) in [6, 6.07) is 7.94. The number of methoxy groups -OCH3 is 1. The van der Waals surface area contributed by atoms with Gasteiger partial charge in [0.1, 0.15) is 5.75 Å². The molecular weight excluding hydrogens is 250 g/mol. The summed E-state index contributed by atoms with van der Waals surface area (Å²) in [7, 11) is 1.65. The first-order valence-electron chi connectivity index (χ1n) is 6.74. The standard InChI is InChI=1S/C17H21NO2/c1-5-6-7-15-17(2,3)16(19)18(15)12-13-8-10-14(20-4)11-9-13/h5-11,15H,1,12H2,2-4H3/b7-6+. The molecule has 1 amide bonds. The van der Waals surface area contributed by atoms with Crippen LogP contribution in [0.25, 0.3) is 0 Å². The van der Waals surface area contributed by atoms with E-state index in [4.69, 9.17) is 4.74 Å². The number of hydrogen-bond donors (Lipinski definition) is 0. The monoisotopic (exact) mass is 271 g/mol. The normalized spacial score (nSPS) is 20.9. The van der Waals surface area contributed by atoms with Crippen molar-refractivity contribution in [3.8, 4) is 5.75 Å². The molecular formula is C17H21NO2. The van der Waals surface area contributed by atoms with Crippen molar-refractivity contribution >= 4 is 5.91 Å². The molecule has 1 aromatic carbocycles. The molecule has 1 fully saturated rings. The Bertz CT molecular complexity index is 528. The van der Waals surface area contributed by atoms with E-state index in [0.29, 0.717) is 6.54 Å². The Morgan fingerprint density at radius 1 is 1.35 bits per heavy atom. The summed E-state index contributed by atoms with van der Waals surface area (Å²) in [6.07, 6.45) is 5.68. The Hall–Kier alpha value is -2.03. The maximum absolute atomic E-state index is 12.2. The Morgan fingerprint density at radius 3 is 2.55 bits per heavy atom. The second-order valence-electron chi connectivity index (χ2n) is 5.57. The molecule has 0 aliphatic carbocycles. The van der Waals surface area contributed by atoms with Crippen LogP contribution in [0.1, 0.15) is 19.4 Å². The fourth-order valence-corrected chi connectivity index (χ4v) is 2.57. The highest BCUT2D eigenvalue weighted by molar-refractivity contribution is 5.90. The molecule has 1 unspecified atom stereocenters. The third-order valence-electron chi connectivity index (χ3n) is 3.83. The summed E-state index contributed by atoms with van der Waals surface area (Å²) in [6.45, 7) is 8.27. The zero-order valence-electron chi connectivity index (χ0n) is 12.3. The molecule has 0 N–H and O–H groups in total.